The number of rotatable bonds is 4. The lowest BCUT2D eigenvalue weighted by Gasteiger charge is -2.15. The number of carbonyl (C=O) groups is 1. The third kappa shape index (κ3) is 3.85. The van der Waals surface area contributed by atoms with Crippen molar-refractivity contribution in [3.63, 3.8) is 0 Å². The first kappa shape index (κ1) is 16.3. The minimum absolute atomic E-state index is 0.112. The van der Waals surface area contributed by atoms with Crippen molar-refractivity contribution in [1.82, 2.24) is 5.32 Å². The fraction of sp³-hybridized carbons (Fsp3) is 0.105. The number of amides is 2. The van der Waals surface area contributed by atoms with E-state index in [0.717, 1.165) is 16.3 Å². The van der Waals surface area contributed by atoms with Gasteiger partial charge in [0.15, 0.2) is 0 Å². The van der Waals surface area contributed by atoms with Crippen LogP contribution in [0.25, 0.3) is 10.8 Å². The largest absolute Gasteiger partial charge is 0.387 e. The number of hydrogen-bond donors (Lipinski definition) is 3. The normalized spacial score (nSPS) is 11.9. The minimum atomic E-state index is -0.791. The van der Waals surface area contributed by atoms with Gasteiger partial charge in [0, 0.05) is 17.3 Å². The van der Waals surface area contributed by atoms with E-state index >= 15 is 0 Å². The van der Waals surface area contributed by atoms with Crippen LogP contribution in [0, 0.1) is 0 Å². The van der Waals surface area contributed by atoms with Crippen LogP contribution in [-0.2, 0) is 0 Å². The molecule has 0 bridgehead atoms. The molecule has 0 saturated carbocycles. The number of fused-ring (bicyclic) bond motifs is 1. The second-order valence-corrected chi connectivity index (χ2v) is 5.87. The molecule has 0 aliphatic rings. The Kier molecular flexibility index (Phi) is 4.99. The van der Waals surface area contributed by atoms with Crippen molar-refractivity contribution in [2.75, 3.05) is 11.9 Å². The Balaban J connectivity index is 1.64. The van der Waals surface area contributed by atoms with Crippen molar-refractivity contribution >= 4 is 34.1 Å². The molecule has 4 nitrogen and oxygen atoms in total. The highest BCUT2D eigenvalue weighted by molar-refractivity contribution is 6.30. The standard InChI is InChI=1S/C19H17ClN2O2/c20-14-7-4-8-15(11-14)22-19(24)21-12-18(23)17-10-3-6-13-5-1-2-9-16(13)17/h1-11,18,23H,12H2,(H2,21,22,24). The zero-order chi connectivity index (χ0) is 16.9. The molecule has 0 aromatic heterocycles. The Morgan fingerprint density at radius 1 is 1.04 bits per heavy atom. The summed E-state index contributed by atoms with van der Waals surface area (Å²) in [4.78, 5) is 11.9. The zero-order valence-electron chi connectivity index (χ0n) is 12.9. The number of aliphatic hydroxyl groups is 1. The molecule has 5 heteroatoms. The number of carbonyl (C=O) groups excluding carboxylic acids is 1. The molecule has 122 valence electrons. The topological polar surface area (TPSA) is 61.4 Å². The van der Waals surface area contributed by atoms with Gasteiger partial charge in [-0.15, -0.1) is 0 Å². The average Bonchev–Trinajstić information content (AvgIpc) is 2.59. The van der Waals surface area contributed by atoms with Crippen LogP contribution in [0.3, 0.4) is 0 Å². The predicted molar refractivity (Wildman–Crippen MR) is 97.4 cm³/mol. The number of benzene rings is 3. The van der Waals surface area contributed by atoms with Crippen LogP contribution >= 0.6 is 11.6 Å². The molecule has 3 aromatic carbocycles. The Bertz CT molecular complexity index is 861. The molecule has 0 aliphatic carbocycles. The van der Waals surface area contributed by atoms with Crippen LogP contribution in [0.4, 0.5) is 10.5 Å². The second-order valence-electron chi connectivity index (χ2n) is 5.43. The lowest BCUT2D eigenvalue weighted by atomic mass is 10.0. The fourth-order valence-electron chi connectivity index (χ4n) is 2.58. The van der Waals surface area contributed by atoms with Crippen LogP contribution in [0.2, 0.25) is 5.02 Å². The van der Waals surface area contributed by atoms with Gasteiger partial charge in [-0.1, -0.05) is 60.1 Å². The van der Waals surface area contributed by atoms with Gasteiger partial charge in [-0.05, 0) is 34.5 Å². The van der Waals surface area contributed by atoms with Crippen LogP contribution in [0.5, 0.6) is 0 Å². The summed E-state index contributed by atoms with van der Waals surface area (Å²) in [6, 6.07) is 20.1. The fourth-order valence-corrected chi connectivity index (χ4v) is 2.77. The first-order valence-corrected chi connectivity index (χ1v) is 7.97. The van der Waals surface area contributed by atoms with Gasteiger partial charge >= 0.3 is 6.03 Å². The van der Waals surface area contributed by atoms with E-state index < -0.39 is 12.1 Å². The van der Waals surface area contributed by atoms with Crippen molar-refractivity contribution in [1.29, 1.82) is 0 Å². The highest BCUT2D eigenvalue weighted by Crippen LogP contribution is 2.23. The van der Waals surface area contributed by atoms with E-state index in [4.69, 9.17) is 11.6 Å². The molecule has 24 heavy (non-hydrogen) atoms. The summed E-state index contributed by atoms with van der Waals surface area (Å²) in [5, 5.41) is 18.3. The van der Waals surface area contributed by atoms with E-state index in [2.05, 4.69) is 10.6 Å². The van der Waals surface area contributed by atoms with E-state index in [-0.39, 0.29) is 6.54 Å². The first-order valence-electron chi connectivity index (χ1n) is 7.59. The molecule has 0 fully saturated rings. The molecule has 1 unspecified atom stereocenters. The number of anilines is 1. The van der Waals surface area contributed by atoms with Crippen molar-refractivity contribution in [2.24, 2.45) is 0 Å². The molecule has 0 saturated heterocycles. The lowest BCUT2D eigenvalue weighted by Crippen LogP contribution is -2.32. The molecule has 0 aliphatic heterocycles. The summed E-state index contributed by atoms with van der Waals surface area (Å²) in [6.45, 7) is 0.112. The van der Waals surface area contributed by atoms with Gasteiger partial charge in [-0.2, -0.15) is 0 Å². The molecule has 0 radical (unpaired) electrons. The molecule has 0 heterocycles. The third-order valence-corrected chi connectivity index (χ3v) is 3.96. The number of hydrogen-bond acceptors (Lipinski definition) is 2. The highest BCUT2D eigenvalue weighted by Gasteiger charge is 2.12. The molecule has 3 rings (SSSR count). The van der Waals surface area contributed by atoms with Crippen molar-refractivity contribution in [3.05, 3.63) is 77.3 Å². The summed E-state index contributed by atoms with van der Waals surface area (Å²) < 4.78 is 0. The van der Waals surface area contributed by atoms with E-state index in [9.17, 15) is 9.90 Å². The van der Waals surface area contributed by atoms with Crippen molar-refractivity contribution < 1.29 is 9.90 Å². The van der Waals surface area contributed by atoms with E-state index in [1.54, 1.807) is 24.3 Å². The Morgan fingerprint density at radius 3 is 2.62 bits per heavy atom. The molecule has 1 atom stereocenters. The minimum Gasteiger partial charge on any atom is -0.387 e. The quantitative estimate of drug-likeness (QED) is 0.661. The average molecular weight is 341 g/mol. The summed E-state index contributed by atoms with van der Waals surface area (Å²) >= 11 is 5.88. The smallest absolute Gasteiger partial charge is 0.319 e. The highest BCUT2D eigenvalue weighted by atomic mass is 35.5. The van der Waals surface area contributed by atoms with Gasteiger partial charge in [0.25, 0.3) is 0 Å². The second kappa shape index (κ2) is 7.34. The molecule has 2 amide bonds. The number of urea groups is 1. The van der Waals surface area contributed by atoms with Gasteiger partial charge in [-0.25, -0.2) is 4.79 Å². The number of nitrogens with one attached hydrogen (secondary N) is 2. The van der Waals surface area contributed by atoms with E-state index in [1.165, 1.54) is 0 Å². The summed E-state index contributed by atoms with van der Waals surface area (Å²) in [5.41, 5.74) is 1.39. The molecular weight excluding hydrogens is 324 g/mol. The van der Waals surface area contributed by atoms with Gasteiger partial charge in [0.1, 0.15) is 0 Å². The van der Waals surface area contributed by atoms with Crippen molar-refractivity contribution in [2.45, 2.75) is 6.10 Å². The molecule has 3 N–H and O–H groups in total. The van der Waals surface area contributed by atoms with Crippen LogP contribution in [0.15, 0.2) is 66.7 Å². The summed E-state index contributed by atoms with van der Waals surface area (Å²) in [6.07, 6.45) is -0.791. The molecule has 3 aromatic rings. The first-order chi connectivity index (χ1) is 11.6. The van der Waals surface area contributed by atoms with Crippen molar-refractivity contribution in [3.8, 4) is 0 Å². The third-order valence-electron chi connectivity index (χ3n) is 3.72. The maximum atomic E-state index is 11.9. The maximum absolute atomic E-state index is 11.9. The van der Waals surface area contributed by atoms with E-state index in [0.29, 0.717) is 10.7 Å². The Labute approximate surface area is 145 Å². The summed E-state index contributed by atoms with van der Waals surface area (Å²) in [5.74, 6) is 0. The SMILES string of the molecule is O=C(NCC(O)c1cccc2ccccc12)Nc1cccc(Cl)c1. The monoisotopic (exact) mass is 340 g/mol. The molecular formula is C19H17ClN2O2. The van der Waals surface area contributed by atoms with Gasteiger partial charge in [-0.3, -0.25) is 0 Å². The zero-order valence-corrected chi connectivity index (χ0v) is 13.6. The van der Waals surface area contributed by atoms with E-state index in [1.807, 2.05) is 42.5 Å². The Morgan fingerprint density at radius 2 is 1.79 bits per heavy atom. The number of halogens is 1. The maximum Gasteiger partial charge on any atom is 0.319 e. The lowest BCUT2D eigenvalue weighted by molar-refractivity contribution is 0.176. The van der Waals surface area contributed by atoms with Gasteiger partial charge in [0.05, 0.1) is 6.10 Å². The number of aliphatic hydroxyl groups excluding tert-OH is 1. The van der Waals surface area contributed by atoms with Crippen LogP contribution in [0.1, 0.15) is 11.7 Å². The van der Waals surface area contributed by atoms with Gasteiger partial charge < -0.3 is 15.7 Å². The van der Waals surface area contributed by atoms with Crippen LogP contribution in [-0.4, -0.2) is 17.7 Å². The predicted octanol–water partition coefficient (Wildman–Crippen LogP) is 4.35. The Hall–Kier alpha value is -2.56. The summed E-state index contributed by atoms with van der Waals surface area (Å²) in [7, 11) is 0. The van der Waals surface area contributed by atoms with Crippen LogP contribution < -0.4 is 10.6 Å². The molecule has 0 spiro atoms. The van der Waals surface area contributed by atoms with Gasteiger partial charge in [0.2, 0.25) is 0 Å².